The summed E-state index contributed by atoms with van der Waals surface area (Å²) in [5, 5.41) is 0. The second-order valence-corrected chi connectivity index (χ2v) is 4.48. The van der Waals surface area contributed by atoms with Crippen LogP contribution >= 0.6 is 15.9 Å². The lowest BCUT2D eigenvalue weighted by Crippen LogP contribution is -1.91. The van der Waals surface area contributed by atoms with Gasteiger partial charge in [0, 0.05) is 10.0 Å². The second kappa shape index (κ2) is 5.69. The third-order valence-electron chi connectivity index (χ3n) is 2.37. The number of rotatable bonds is 4. The van der Waals surface area contributed by atoms with Crippen molar-refractivity contribution in [2.24, 2.45) is 0 Å². The van der Waals surface area contributed by atoms with Gasteiger partial charge in [-0.2, -0.15) is 0 Å². The number of allylic oxidation sites excluding steroid dienone is 1. The first-order valence-electron chi connectivity index (χ1n) is 5.30. The van der Waals surface area contributed by atoms with Crippen molar-refractivity contribution >= 4 is 27.8 Å². The third-order valence-corrected chi connectivity index (χ3v) is 2.86. The van der Waals surface area contributed by atoms with Gasteiger partial charge in [0.25, 0.3) is 0 Å². The highest BCUT2D eigenvalue weighted by Gasteiger charge is 2.05. The van der Waals surface area contributed by atoms with Crippen LogP contribution in [0, 0.1) is 0 Å². The van der Waals surface area contributed by atoms with E-state index in [9.17, 15) is 4.79 Å². The summed E-state index contributed by atoms with van der Waals surface area (Å²) in [6.07, 6.45) is 4.64. The molecule has 0 N–H and O–H groups in total. The fourth-order valence-electron chi connectivity index (χ4n) is 1.50. The lowest BCUT2D eigenvalue weighted by atomic mass is 10.1. The first-order valence-corrected chi connectivity index (χ1v) is 6.09. The summed E-state index contributed by atoms with van der Waals surface area (Å²) in [7, 11) is 1.59. The molecule has 1 aromatic carbocycles. The molecule has 1 heterocycles. The van der Waals surface area contributed by atoms with E-state index in [1.165, 1.54) is 12.3 Å². The average Bonchev–Trinajstić information content (AvgIpc) is 2.90. The molecule has 0 saturated carbocycles. The monoisotopic (exact) mass is 306 g/mol. The number of hydrogen-bond acceptors (Lipinski definition) is 3. The van der Waals surface area contributed by atoms with Gasteiger partial charge in [-0.3, -0.25) is 4.79 Å². The predicted molar refractivity (Wildman–Crippen MR) is 72.8 cm³/mol. The van der Waals surface area contributed by atoms with E-state index in [1.54, 1.807) is 25.3 Å². The molecule has 2 aromatic rings. The summed E-state index contributed by atoms with van der Waals surface area (Å²) in [6, 6.07) is 8.90. The van der Waals surface area contributed by atoms with E-state index < -0.39 is 0 Å². The standard InChI is InChI=1S/C14H11BrO3/c1-17-13-7-5-11(15)9-10(13)4-6-12(16)14-3-2-8-18-14/h2-9H,1H3/b6-4+. The predicted octanol–water partition coefficient (Wildman–Crippen LogP) is 3.95. The lowest BCUT2D eigenvalue weighted by molar-refractivity contribution is 0.102. The molecule has 0 unspecified atom stereocenters. The topological polar surface area (TPSA) is 39.4 Å². The number of methoxy groups -OCH3 is 1. The summed E-state index contributed by atoms with van der Waals surface area (Å²) in [6.45, 7) is 0. The van der Waals surface area contributed by atoms with Crippen molar-refractivity contribution in [3.63, 3.8) is 0 Å². The van der Waals surface area contributed by atoms with Crippen LogP contribution in [-0.2, 0) is 0 Å². The van der Waals surface area contributed by atoms with Crippen LogP contribution in [-0.4, -0.2) is 12.9 Å². The maximum Gasteiger partial charge on any atom is 0.221 e. The molecular weight excluding hydrogens is 296 g/mol. The van der Waals surface area contributed by atoms with Gasteiger partial charge in [-0.1, -0.05) is 15.9 Å². The Hall–Kier alpha value is -1.81. The first kappa shape index (κ1) is 12.6. The molecule has 1 aromatic heterocycles. The van der Waals surface area contributed by atoms with Crippen molar-refractivity contribution in [2.75, 3.05) is 7.11 Å². The number of benzene rings is 1. The van der Waals surface area contributed by atoms with Crippen molar-refractivity contribution in [1.82, 2.24) is 0 Å². The Morgan fingerprint density at radius 1 is 1.39 bits per heavy atom. The second-order valence-electron chi connectivity index (χ2n) is 3.56. The molecule has 0 bridgehead atoms. The van der Waals surface area contributed by atoms with Crippen LogP contribution in [0.15, 0.2) is 51.6 Å². The maximum atomic E-state index is 11.7. The van der Waals surface area contributed by atoms with E-state index in [4.69, 9.17) is 9.15 Å². The molecule has 0 saturated heterocycles. The summed E-state index contributed by atoms with van der Waals surface area (Å²) >= 11 is 3.38. The molecule has 3 nitrogen and oxygen atoms in total. The first-order chi connectivity index (χ1) is 8.70. The lowest BCUT2D eigenvalue weighted by Gasteiger charge is -2.04. The minimum absolute atomic E-state index is 0.179. The molecule has 18 heavy (non-hydrogen) atoms. The van der Waals surface area contributed by atoms with Gasteiger partial charge < -0.3 is 9.15 Å². The van der Waals surface area contributed by atoms with E-state index in [0.29, 0.717) is 11.5 Å². The minimum atomic E-state index is -0.179. The Labute approximate surface area is 113 Å². The summed E-state index contributed by atoms with van der Waals surface area (Å²) < 4.78 is 11.2. The van der Waals surface area contributed by atoms with Crippen molar-refractivity contribution in [3.05, 3.63) is 58.5 Å². The van der Waals surface area contributed by atoms with Gasteiger partial charge in [0.05, 0.1) is 13.4 Å². The Bertz CT molecular complexity index is 571. The van der Waals surface area contributed by atoms with E-state index in [0.717, 1.165) is 10.0 Å². The van der Waals surface area contributed by atoms with Crippen molar-refractivity contribution in [1.29, 1.82) is 0 Å². The van der Waals surface area contributed by atoms with Crippen LogP contribution in [0.5, 0.6) is 5.75 Å². The number of ketones is 1. The van der Waals surface area contributed by atoms with Crippen LogP contribution < -0.4 is 4.74 Å². The molecule has 0 aliphatic carbocycles. The number of halogens is 1. The van der Waals surface area contributed by atoms with Crippen LogP contribution in [0.25, 0.3) is 6.08 Å². The Morgan fingerprint density at radius 2 is 2.22 bits per heavy atom. The number of carbonyl (C=O) groups is 1. The Balaban J connectivity index is 2.23. The highest BCUT2D eigenvalue weighted by molar-refractivity contribution is 9.10. The Kier molecular flexibility index (Phi) is 3.99. The van der Waals surface area contributed by atoms with E-state index >= 15 is 0 Å². The van der Waals surface area contributed by atoms with Crippen LogP contribution in [0.1, 0.15) is 16.1 Å². The minimum Gasteiger partial charge on any atom is -0.496 e. The third kappa shape index (κ3) is 2.90. The van der Waals surface area contributed by atoms with E-state index in [2.05, 4.69) is 15.9 Å². The van der Waals surface area contributed by atoms with E-state index in [-0.39, 0.29) is 5.78 Å². The Morgan fingerprint density at radius 3 is 2.89 bits per heavy atom. The van der Waals surface area contributed by atoms with Crippen LogP contribution in [0.3, 0.4) is 0 Å². The quantitative estimate of drug-likeness (QED) is 0.634. The van der Waals surface area contributed by atoms with Crippen molar-refractivity contribution in [3.8, 4) is 5.75 Å². The molecule has 0 aliphatic heterocycles. The zero-order chi connectivity index (χ0) is 13.0. The zero-order valence-electron chi connectivity index (χ0n) is 9.72. The van der Waals surface area contributed by atoms with Gasteiger partial charge in [-0.15, -0.1) is 0 Å². The highest BCUT2D eigenvalue weighted by atomic mass is 79.9. The summed E-state index contributed by atoms with van der Waals surface area (Å²) in [5.41, 5.74) is 0.826. The van der Waals surface area contributed by atoms with Gasteiger partial charge in [0.2, 0.25) is 5.78 Å². The molecule has 0 atom stereocenters. The largest absolute Gasteiger partial charge is 0.496 e. The molecule has 4 heteroatoms. The van der Waals surface area contributed by atoms with Gasteiger partial charge >= 0.3 is 0 Å². The van der Waals surface area contributed by atoms with Gasteiger partial charge in [0.1, 0.15) is 5.75 Å². The SMILES string of the molecule is COc1ccc(Br)cc1/C=C/C(=O)c1ccco1. The average molecular weight is 307 g/mol. The molecule has 2 rings (SSSR count). The normalized spacial score (nSPS) is 10.8. The number of hydrogen-bond donors (Lipinski definition) is 0. The molecule has 0 radical (unpaired) electrons. The molecule has 0 amide bonds. The van der Waals surface area contributed by atoms with Gasteiger partial charge in [0.15, 0.2) is 5.76 Å². The van der Waals surface area contributed by atoms with Crippen LogP contribution in [0.2, 0.25) is 0 Å². The van der Waals surface area contributed by atoms with E-state index in [1.807, 2.05) is 18.2 Å². The zero-order valence-corrected chi connectivity index (χ0v) is 11.3. The highest BCUT2D eigenvalue weighted by Crippen LogP contribution is 2.24. The molecular formula is C14H11BrO3. The summed E-state index contributed by atoms with van der Waals surface area (Å²) in [5.74, 6) is 0.851. The van der Waals surface area contributed by atoms with Crippen molar-refractivity contribution < 1.29 is 13.9 Å². The molecule has 92 valence electrons. The fraction of sp³-hybridized carbons (Fsp3) is 0.0714. The maximum absolute atomic E-state index is 11.7. The number of carbonyl (C=O) groups excluding carboxylic acids is 1. The van der Waals surface area contributed by atoms with Gasteiger partial charge in [-0.05, 0) is 42.5 Å². The van der Waals surface area contributed by atoms with Crippen LogP contribution in [0.4, 0.5) is 0 Å². The molecule has 0 aliphatic rings. The number of ether oxygens (including phenoxy) is 1. The summed E-state index contributed by atoms with van der Waals surface area (Å²) in [4.78, 5) is 11.7. The fourth-order valence-corrected chi connectivity index (χ4v) is 1.88. The van der Waals surface area contributed by atoms with Gasteiger partial charge in [-0.25, -0.2) is 0 Å². The molecule has 0 spiro atoms. The van der Waals surface area contributed by atoms with Crippen molar-refractivity contribution in [2.45, 2.75) is 0 Å². The number of furan rings is 1. The smallest absolute Gasteiger partial charge is 0.221 e. The molecule has 0 fully saturated rings.